The van der Waals surface area contributed by atoms with Crippen LogP contribution in [-0.4, -0.2) is 37.6 Å². The predicted octanol–water partition coefficient (Wildman–Crippen LogP) is 5.75. The van der Waals surface area contributed by atoms with Crippen LogP contribution in [0.2, 0.25) is 0 Å². The first-order valence-corrected chi connectivity index (χ1v) is 14.9. The van der Waals surface area contributed by atoms with Gasteiger partial charge in [-0.3, -0.25) is 14.4 Å². The molecule has 2 unspecified atom stereocenters. The zero-order valence-electron chi connectivity index (χ0n) is 22.0. The number of piperidine rings is 1. The number of carbonyl (C=O) groups is 1. The van der Waals surface area contributed by atoms with E-state index in [-0.39, 0.29) is 5.91 Å². The average Bonchev–Trinajstić information content (AvgIpc) is 3.20. The van der Waals surface area contributed by atoms with E-state index in [0.29, 0.717) is 40.3 Å². The summed E-state index contributed by atoms with van der Waals surface area (Å²) in [6.07, 6.45) is 4.88. The minimum atomic E-state index is -3.46. The molecule has 0 radical (unpaired) electrons. The van der Waals surface area contributed by atoms with Crippen molar-refractivity contribution in [3.63, 3.8) is 0 Å². The van der Waals surface area contributed by atoms with Crippen molar-refractivity contribution in [3.8, 4) is 0 Å². The summed E-state index contributed by atoms with van der Waals surface area (Å²) >= 11 is 0. The van der Waals surface area contributed by atoms with E-state index in [1.165, 1.54) is 24.8 Å². The molecule has 2 heterocycles. The molecule has 3 aromatic rings. The summed E-state index contributed by atoms with van der Waals surface area (Å²) in [6, 6.07) is 24.3. The Bertz CT molecular complexity index is 1460. The van der Waals surface area contributed by atoms with E-state index in [4.69, 9.17) is 0 Å². The van der Waals surface area contributed by atoms with E-state index < -0.39 is 10.0 Å². The third-order valence-corrected chi connectivity index (χ3v) is 7.95. The molecule has 0 spiro atoms. The van der Waals surface area contributed by atoms with Crippen molar-refractivity contribution in [1.82, 2.24) is 4.90 Å². The predicted molar refractivity (Wildman–Crippen MR) is 155 cm³/mol. The third-order valence-electron chi connectivity index (χ3n) is 7.34. The van der Waals surface area contributed by atoms with Gasteiger partial charge in [-0.05, 0) is 68.1 Å². The van der Waals surface area contributed by atoms with Gasteiger partial charge in [-0.15, -0.1) is 0 Å². The van der Waals surface area contributed by atoms with Crippen LogP contribution >= 0.6 is 0 Å². The Morgan fingerprint density at radius 3 is 2.26 bits per heavy atom. The highest BCUT2D eigenvalue weighted by molar-refractivity contribution is 7.92. The molecule has 0 aliphatic carbocycles. The van der Waals surface area contributed by atoms with E-state index in [2.05, 4.69) is 46.2 Å². The van der Waals surface area contributed by atoms with Crippen LogP contribution in [0, 0.1) is 0 Å². The number of nitrogens with zero attached hydrogens (tertiary/aromatic N) is 1. The molecule has 0 bridgehead atoms. The van der Waals surface area contributed by atoms with E-state index in [1.807, 2.05) is 42.5 Å². The van der Waals surface area contributed by atoms with Crippen LogP contribution < -0.4 is 15.4 Å². The van der Waals surface area contributed by atoms with Crippen molar-refractivity contribution in [3.05, 3.63) is 89.5 Å². The number of benzene rings is 3. The maximum Gasteiger partial charge on any atom is 0.258 e. The van der Waals surface area contributed by atoms with Crippen LogP contribution in [0.4, 0.5) is 17.1 Å². The van der Waals surface area contributed by atoms with E-state index in [9.17, 15) is 13.2 Å². The van der Waals surface area contributed by atoms with Gasteiger partial charge in [-0.25, -0.2) is 8.42 Å². The molecular formula is C30H34N4O3S. The Labute approximate surface area is 225 Å². The fraction of sp³-hybridized carbons (Fsp3) is 0.300. The van der Waals surface area contributed by atoms with Crippen molar-refractivity contribution in [2.45, 2.75) is 51.7 Å². The highest BCUT2D eigenvalue weighted by atomic mass is 32.2. The van der Waals surface area contributed by atoms with Gasteiger partial charge in [-0.1, -0.05) is 48.9 Å². The molecule has 198 valence electrons. The molecule has 2 aliphatic heterocycles. The number of anilines is 3. The van der Waals surface area contributed by atoms with Crippen LogP contribution in [0.1, 0.15) is 49.8 Å². The largest absolute Gasteiger partial charge is 0.354 e. The van der Waals surface area contributed by atoms with Crippen molar-refractivity contribution in [2.75, 3.05) is 21.6 Å². The third kappa shape index (κ3) is 5.76. The topological polar surface area (TPSA) is 90.5 Å². The molecule has 0 aromatic heterocycles. The number of hydrogen-bond acceptors (Lipinski definition) is 5. The van der Waals surface area contributed by atoms with Gasteiger partial charge in [0.1, 0.15) is 0 Å². The zero-order chi connectivity index (χ0) is 26.9. The van der Waals surface area contributed by atoms with Crippen LogP contribution in [0.5, 0.6) is 0 Å². The molecule has 2 aliphatic rings. The summed E-state index contributed by atoms with van der Waals surface area (Å²) in [7, 11) is -3.46. The molecule has 2 atom stereocenters. The minimum Gasteiger partial charge on any atom is -0.354 e. The fourth-order valence-electron chi connectivity index (χ4n) is 5.41. The Balaban J connectivity index is 1.49. The van der Waals surface area contributed by atoms with Crippen LogP contribution in [-0.2, 0) is 21.4 Å². The van der Waals surface area contributed by atoms with Gasteiger partial charge in [0.25, 0.3) is 5.91 Å². The summed E-state index contributed by atoms with van der Waals surface area (Å²) in [5.74, 6) is -0.243. The zero-order valence-corrected chi connectivity index (χ0v) is 22.8. The van der Waals surface area contributed by atoms with Gasteiger partial charge in [-0.2, -0.15) is 0 Å². The Morgan fingerprint density at radius 2 is 1.61 bits per heavy atom. The quantitative estimate of drug-likeness (QED) is 0.338. The smallest absolute Gasteiger partial charge is 0.258 e. The molecule has 1 fully saturated rings. The van der Waals surface area contributed by atoms with Crippen LogP contribution in [0.25, 0.3) is 11.3 Å². The molecule has 0 saturated carbocycles. The van der Waals surface area contributed by atoms with Crippen molar-refractivity contribution in [1.29, 1.82) is 0 Å². The molecule has 3 N–H and O–H groups in total. The number of rotatable bonds is 7. The molecule has 1 amide bonds. The number of hydrogen-bond donors (Lipinski definition) is 3. The second kappa shape index (κ2) is 10.6. The average molecular weight is 531 g/mol. The molecule has 38 heavy (non-hydrogen) atoms. The SMILES string of the molecule is CC1CCCC(C)N1Cc1ccc(NC(=C2C(=O)Nc3ccc(NS(C)(=O)=O)cc32)c2ccccc2)cc1. The van der Waals surface area contributed by atoms with Crippen molar-refractivity contribution in [2.24, 2.45) is 0 Å². The summed E-state index contributed by atoms with van der Waals surface area (Å²) in [5.41, 5.74) is 5.77. The molecule has 3 aromatic carbocycles. The highest BCUT2D eigenvalue weighted by Gasteiger charge is 2.29. The Kier molecular flexibility index (Phi) is 7.27. The lowest BCUT2D eigenvalue weighted by atomic mass is 9.96. The number of amides is 1. The van der Waals surface area contributed by atoms with Gasteiger partial charge >= 0.3 is 0 Å². The number of sulfonamides is 1. The minimum absolute atomic E-state index is 0.243. The van der Waals surface area contributed by atoms with Crippen LogP contribution in [0.15, 0.2) is 72.8 Å². The van der Waals surface area contributed by atoms with E-state index in [0.717, 1.165) is 24.1 Å². The number of carbonyl (C=O) groups excluding carboxylic acids is 1. The second-order valence-electron chi connectivity index (χ2n) is 10.3. The van der Waals surface area contributed by atoms with Crippen molar-refractivity contribution >= 4 is 44.3 Å². The lowest BCUT2D eigenvalue weighted by Crippen LogP contribution is -2.42. The summed E-state index contributed by atoms with van der Waals surface area (Å²) in [4.78, 5) is 15.8. The number of likely N-dealkylation sites (tertiary alicyclic amines) is 1. The lowest BCUT2D eigenvalue weighted by molar-refractivity contribution is -0.110. The van der Waals surface area contributed by atoms with Gasteiger partial charge < -0.3 is 10.6 Å². The first kappa shape index (κ1) is 26.0. The van der Waals surface area contributed by atoms with Gasteiger partial charge in [0.15, 0.2) is 0 Å². The van der Waals surface area contributed by atoms with Gasteiger partial charge in [0.05, 0.1) is 17.5 Å². The normalized spacial score (nSPS) is 21.0. The fourth-order valence-corrected chi connectivity index (χ4v) is 5.97. The van der Waals surface area contributed by atoms with Gasteiger partial charge in [0.2, 0.25) is 10.0 Å². The highest BCUT2D eigenvalue weighted by Crippen LogP contribution is 2.39. The molecule has 8 heteroatoms. The standard InChI is InChI=1S/C30H34N4O3S/c1-20-8-7-9-21(2)34(20)19-22-12-14-24(15-13-22)31-29(23-10-5-4-6-11-23)28-26-18-25(33-38(3,36)37)16-17-27(26)32-30(28)35/h4-6,10-18,20-21,31,33H,7-9,19H2,1-3H3,(H,32,35). The first-order valence-electron chi connectivity index (χ1n) is 13.0. The molecule has 5 rings (SSSR count). The summed E-state index contributed by atoms with van der Waals surface area (Å²) in [6.45, 7) is 5.54. The maximum absolute atomic E-state index is 13.2. The summed E-state index contributed by atoms with van der Waals surface area (Å²) < 4.78 is 26.1. The van der Waals surface area contributed by atoms with Gasteiger partial charge in [0, 0.05) is 41.3 Å². The first-order chi connectivity index (χ1) is 18.2. The molecule has 7 nitrogen and oxygen atoms in total. The van der Waals surface area contributed by atoms with E-state index >= 15 is 0 Å². The second-order valence-corrected chi connectivity index (χ2v) is 12.1. The monoisotopic (exact) mass is 530 g/mol. The molecular weight excluding hydrogens is 496 g/mol. The lowest BCUT2D eigenvalue weighted by Gasteiger charge is -2.39. The van der Waals surface area contributed by atoms with Crippen LogP contribution in [0.3, 0.4) is 0 Å². The molecule has 1 saturated heterocycles. The Morgan fingerprint density at radius 1 is 0.947 bits per heavy atom. The number of fused-ring (bicyclic) bond motifs is 1. The Hall–Kier alpha value is -3.62. The van der Waals surface area contributed by atoms with E-state index in [1.54, 1.807) is 18.2 Å². The van der Waals surface area contributed by atoms with Crippen molar-refractivity contribution < 1.29 is 13.2 Å². The maximum atomic E-state index is 13.2. The number of nitrogens with one attached hydrogen (secondary N) is 3. The summed E-state index contributed by atoms with van der Waals surface area (Å²) in [5, 5.41) is 6.41.